The number of imidazole rings is 1. The van der Waals surface area contributed by atoms with Crippen LogP contribution in [0.5, 0.6) is 0 Å². The van der Waals surface area contributed by atoms with Crippen molar-refractivity contribution in [3.8, 4) is 0 Å². The number of benzene rings is 1. The molecule has 0 radical (unpaired) electrons. The lowest BCUT2D eigenvalue weighted by molar-refractivity contribution is 0.154. The maximum Gasteiger partial charge on any atom is 0.169 e. The van der Waals surface area contributed by atoms with Crippen LogP contribution in [0.3, 0.4) is 0 Å². The van der Waals surface area contributed by atoms with Crippen LogP contribution in [0.2, 0.25) is 0 Å². The largest absolute Gasteiger partial charge is 0.388 e. The molecule has 5 rings (SSSR count). The van der Waals surface area contributed by atoms with Crippen molar-refractivity contribution in [2.45, 2.75) is 67.0 Å². The zero-order valence-corrected chi connectivity index (χ0v) is 17.0. The summed E-state index contributed by atoms with van der Waals surface area (Å²) in [6.07, 6.45) is 18.4. The first-order chi connectivity index (χ1) is 13.8. The summed E-state index contributed by atoms with van der Waals surface area (Å²) >= 11 is 1.96. The number of rotatable bonds is 4. The molecule has 146 valence electrons. The number of nitrogens with zero attached hydrogens (tertiary/aromatic N) is 2. The third-order valence-corrected chi connectivity index (χ3v) is 8.24. The second-order valence-electron chi connectivity index (χ2n) is 8.36. The maximum atomic E-state index is 10.9. The summed E-state index contributed by atoms with van der Waals surface area (Å²) in [4.78, 5) is 4.61. The number of aliphatic hydroxyl groups excluding tert-OH is 1. The molecule has 1 saturated carbocycles. The van der Waals surface area contributed by atoms with Gasteiger partial charge in [0.1, 0.15) is 0 Å². The van der Waals surface area contributed by atoms with E-state index in [1.807, 2.05) is 24.0 Å². The minimum absolute atomic E-state index is 0.0351. The molecular weight excluding hydrogens is 364 g/mol. The highest BCUT2D eigenvalue weighted by Crippen LogP contribution is 2.56. The predicted molar refractivity (Wildman–Crippen MR) is 114 cm³/mol. The number of aliphatic hydroxyl groups is 1. The molecule has 1 aromatic heterocycles. The van der Waals surface area contributed by atoms with Crippen LogP contribution in [0, 0.1) is 5.92 Å². The molecular formula is C24H28N2OS. The molecule has 0 amide bonds. The van der Waals surface area contributed by atoms with Gasteiger partial charge in [-0.25, -0.2) is 4.98 Å². The number of allylic oxidation sites excluding steroid dienone is 2. The van der Waals surface area contributed by atoms with Crippen LogP contribution in [-0.2, 0) is 12.0 Å². The number of aromatic nitrogens is 2. The topological polar surface area (TPSA) is 38.1 Å². The van der Waals surface area contributed by atoms with E-state index in [9.17, 15) is 5.11 Å². The van der Waals surface area contributed by atoms with Crippen LogP contribution in [0.1, 0.15) is 44.1 Å². The van der Waals surface area contributed by atoms with Crippen LogP contribution < -0.4 is 0 Å². The quantitative estimate of drug-likeness (QED) is 0.784. The Morgan fingerprint density at radius 1 is 1.21 bits per heavy atom. The van der Waals surface area contributed by atoms with Gasteiger partial charge in [-0.15, -0.1) is 0 Å². The molecule has 4 atom stereocenters. The van der Waals surface area contributed by atoms with Gasteiger partial charge in [0.15, 0.2) is 5.16 Å². The molecule has 1 spiro atoms. The molecule has 2 aromatic rings. The molecule has 2 aliphatic carbocycles. The SMILES string of the molecule is OC(CCc1ccccc1)C1=C/CCC2CCCC3Sc4nccn4C23/C=C\1. The maximum absolute atomic E-state index is 10.9. The van der Waals surface area contributed by atoms with Crippen molar-refractivity contribution < 1.29 is 5.11 Å². The Kier molecular flexibility index (Phi) is 4.93. The second-order valence-corrected chi connectivity index (χ2v) is 9.53. The molecule has 1 fully saturated rings. The van der Waals surface area contributed by atoms with Crippen molar-refractivity contribution in [1.82, 2.24) is 9.55 Å². The fraction of sp³-hybridized carbons (Fsp3) is 0.458. The number of fused-ring (bicyclic) bond motifs is 1. The van der Waals surface area contributed by atoms with Gasteiger partial charge in [-0.2, -0.15) is 0 Å². The second kappa shape index (κ2) is 7.57. The molecule has 1 aliphatic heterocycles. The third-order valence-electron chi connectivity index (χ3n) is 6.83. The van der Waals surface area contributed by atoms with Crippen molar-refractivity contribution in [3.05, 3.63) is 72.1 Å². The van der Waals surface area contributed by atoms with Crippen molar-refractivity contribution in [3.63, 3.8) is 0 Å². The summed E-state index contributed by atoms with van der Waals surface area (Å²) in [7, 11) is 0. The fourth-order valence-corrected chi connectivity index (χ4v) is 6.96. The number of aryl methyl sites for hydroxylation is 1. The van der Waals surface area contributed by atoms with E-state index in [0.29, 0.717) is 11.2 Å². The Morgan fingerprint density at radius 3 is 3.00 bits per heavy atom. The fourth-order valence-electron chi connectivity index (χ4n) is 5.39. The average molecular weight is 393 g/mol. The summed E-state index contributed by atoms with van der Waals surface area (Å²) in [6, 6.07) is 10.5. The van der Waals surface area contributed by atoms with Crippen LogP contribution >= 0.6 is 11.8 Å². The minimum Gasteiger partial charge on any atom is -0.388 e. The standard InChI is InChI=1S/C24H28N2OS/c27-21(13-12-18-6-2-1-3-7-18)19-8-4-9-20-10-5-11-22-24(20,15-14-19)26-17-16-25-23(26)28-22/h1-3,6-8,14-17,20-22,27H,4-5,9-13H2/b15-14-,19-8+. The summed E-state index contributed by atoms with van der Waals surface area (Å²) in [6.45, 7) is 0. The van der Waals surface area contributed by atoms with Crippen molar-refractivity contribution in [2.75, 3.05) is 0 Å². The molecule has 0 saturated heterocycles. The Bertz CT molecular complexity index is 887. The normalized spacial score (nSPS) is 32.8. The lowest BCUT2D eigenvalue weighted by Crippen LogP contribution is -2.47. The van der Waals surface area contributed by atoms with E-state index in [2.05, 4.69) is 58.2 Å². The Morgan fingerprint density at radius 2 is 2.11 bits per heavy atom. The van der Waals surface area contributed by atoms with Crippen LogP contribution in [0.15, 0.2) is 71.7 Å². The van der Waals surface area contributed by atoms with Gasteiger partial charge >= 0.3 is 0 Å². The highest BCUT2D eigenvalue weighted by Gasteiger charge is 2.52. The van der Waals surface area contributed by atoms with E-state index in [-0.39, 0.29) is 5.54 Å². The molecule has 3 aliphatic rings. The summed E-state index contributed by atoms with van der Waals surface area (Å²) in [5, 5.41) is 12.6. The molecule has 28 heavy (non-hydrogen) atoms. The number of hydrogen-bond acceptors (Lipinski definition) is 3. The van der Waals surface area contributed by atoms with Gasteiger partial charge in [-0.05, 0) is 55.6 Å². The number of hydrogen-bond donors (Lipinski definition) is 1. The molecule has 3 nitrogen and oxygen atoms in total. The molecule has 4 unspecified atom stereocenters. The minimum atomic E-state index is -0.400. The molecule has 4 heteroatoms. The monoisotopic (exact) mass is 392 g/mol. The highest BCUT2D eigenvalue weighted by atomic mass is 32.2. The molecule has 1 aromatic carbocycles. The van der Waals surface area contributed by atoms with Crippen LogP contribution in [0.4, 0.5) is 0 Å². The summed E-state index contributed by atoms with van der Waals surface area (Å²) < 4.78 is 2.43. The van der Waals surface area contributed by atoms with Crippen molar-refractivity contribution >= 4 is 11.8 Å². The summed E-state index contributed by atoms with van der Waals surface area (Å²) in [5.74, 6) is 0.657. The van der Waals surface area contributed by atoms with Gasteiger partial charge in [0.05, 0.1) is 11.6 Å². The highest BCUT2D eigenvalue weighted by molar-refractivity contribution is 8.00. The molecule has 2 heterocycles. The van der Waals surface area contributed by atoms with Gasteiger partial charge in [0, 0.05) is 17.6 Å². The molecule has 1 N–H and O–H groups in total. The first-order valence-electron chi connectivity index (χ1n) is 10.6. The van der Waals surface area contributed by atoms with Gasteiger partial charge in [-0.3, -0.25) is 0 Å². The van der Waals surface area contributed by atoms with Gasteiger partial charge < -0.3 is 9.67 Å². The van der Waals surface area contributed by atoms with E-state index < -0.39 is 6.10 Å². The van der Waals surface area contributed by atoms with Gasteiger partial charge in [-0.1, -0.05) is 66.7 Å². The first kappa shape index (κ1) is 18.3. The van der Waals surface area contributed by atoms with E-state index in [1.165, 1.54) is 31.2 Å². The van der Waals surface area contributed by atoms with E-state index in [0.717, 1.165) is 30.0 Å². The van der Waals surface area contributed by atoms with E-state index in [4.69, 9.17) is 0 Å². The van der Waals surface area contributed by atoms with Crippen molar-refractivity contribution in [1.29, 1.82) is 0 Å². The van der Waals surface area contributed by atoms with Crippen molar-refractivity contribution in [2.24, 2.45) is 5.92 Å². The molecule has 0 bridgehead atoms. The lowest BCUT2D eigenvalue weighted by Gasteiger charge is -2.45. The van der Waals surface area contributed by atoms with E-state index >= 15 is 0 Å². The average Bonchev–Trinajstić information content (AvgIpc) is 3.28. The predicted octanol–water partition coefficient (Wildman–Crippen LogP) is 5.12. The van der Waals surface area contributed by atoms with E-state index in [1.54, 1.807) is 0 Å². The van der Waals surface area contributed by atoms with Crippen LogP contribution in [0.25, 0.3) is 0 Å². The lowest BCUT2D eigenvalue weighted by atomic mass is 9.69. The zero-order valence-electron chi connectivity index (χ0n) is 16.2. The third kappa shape index (κ3) is 3.07. The summed E-state index contributed by atoms with van der Waals surface area (Å²) in [5.41, 5.74) is 2.41. The number of thioether (sulfide) groups is 1. The Labute approximate surface area is 171 Å². The zero-order chi connectivity index (χ0) is 19.0. The Hall–Kier alpha value is -1.78. The van der Waals surface area contributed by atoms with Crippen LogP contribution in [-0.4, -0.2) is 26.0 Å². The smallest absolute Gasteiger partial charge is 0.169 e. The first-order valence-corrected chi connectivity index (χ1v) is 11.5. The Balaban J connectivity index is 1.40. The van der Waals surface area contributed by atoms with Gasteiger partial charge in [0.25, 0.3) is 0 Å². The van der Waals surface area contributed by atoms with Gasteiger partial charge in [0.2, 0.25) is 0 Å².